The molecule has 0 saturated heterocycles. The Kier molecular flexibility index (Phi) is 4.09. The normalized spacial score (nSPS) is 16.8. The highest BCUT2D eigenvalue weighted by molar-refractivity contribution is 6.02. The van der Waals surface area contributed by atoms with Gasteiger partial charge in [-0.2, -0.15) is 0 Å². The van der Waals surface area contributed by atoms with Gasteiger partial charge in [-0.05, 0) is 50.0 Å². The molecule has 0 radical (unpaired) electrons. The van der Waals surface area contributed by atoms with Gasteiger partial charge >= 0.3 is 0 Å². The molecule has 0 atom stereocenters. The van der Waals surface area contributed by atoms with Crippen LogP contribution in [0.3, 0.4) is 0 Å². The van der Waals surface area contributed by atoms with E-state index < -0.39 is 0 Å². The van der Waals surface area contributed by atoms with Crippen molar-refractivity contribution in [3.8, 4) is 12.3 Å². The van der Waals surface area contributed by atoms with E-state index in [1.807, 2.05) is 6.08 Å². The van der Waals surface area contributed by atoms with Gasteiger partial charge < -0.3 is 4.98 Å². The Morgan fingerprint density at radius 2 is 2.08 bits per heavy atom. The highest BCUT2D eigenvalue weighted by atomic mass is 14.8. The van der Waals surface area contributed by atoms with E-state index in [9.17, 15) is 0 Å². The monoisotopic (exact) mass is 327 g/mol. The number of H-pyrrole nitrogens is 1. The van der Waals surface area contributed by atoms with Crippen LogP contribution in [0.5, 0.6) is 0 Å². The molecule has 0 saturated carbocycles. The minimum atomic E-state index is -0.265. The second kappa shape index (κ2) is 5.97. The van der Waals surface area contributed by atoms with Crippen LogP contribution < -0.4 is 0 Å². The molecule has 0 bridgehead atoms. The molecule has 1 N–H and O–H groups in total. The maximum absolute atomic E-state index is 5.94. The number of aromatic nitrogens is 1. The lowest BCUT2D eigenvalue weighted by atomic mass is 9.70. The summed E-state index contributed by atoms with van der Waals surface area (Å²) in [5.74, 6) is 2.95. The average molecular weight is 327 g/mol. The number of aromatic amines is 1. The summed E-state index contributed by atoms with van der Waals surface area (Å²) in [6.07, 6.45) is 11.0. The van der Waals surface area contributed by atoms with Crippen LogP contribution in [-0.4, -0.2) is 4.98 Å². The van der Waals surface area contributed by atoms with E-state index in [1.165, 1.54) is 16.5 Å². The fourth-order valence-electron chi connectivity index (χ4n) is 3.64. The predicted molar refractivity (Wildman–Crippen MR) is 110 cm³/mol. The average Bonchev–Trinajstić information content (AvgIpc) is 2.99. The molecule has 2 aromatic rings. The number of fused-ring (bicyclic) bond motifs is 3. The maximum Gasteiger partial charge on any atom is 0.0468 e. The van der Waals surface area contributed by atoms with Crippen molar-refractivity contribution in [3.05, 3.63) is 71.0 Å². The van der Waals surface area contributed by atoms with Crippen LogP contribution >= 0.6 is 0 Å². The number of benzene rings is 1. The van der Waals surface area contributed by atoms with Gasteiger partial charge in [-0.25, -0.2) is 0 Å². The zero-order valence-electron chi connectivity index (χ0n) is 15.6. The van der Waals surface area contributed by atoms with Crippen molar-refractivity contribution < 1.29 is 0 Å². The van der Waals surface area contributed by atoms with E-state index in [4.69, 9.17) is 6.42 Å². The number of nitrogens with one attached hydrogen (secondary N) is 1. The Morgan fingerprint density at radius 1 is 1.36 bits per heavy atom. The first kappa shape index (κ1) is 17.1. The van der Waals surface area contributed by atoms with Gasteiger partial charge in [0.05, 0.1) is 0 Å². The molecule has 3 rings (SSSR count). The van der Waals surface area contributed by atoms with Gasteiger partial charge in [-0.15, -0.1) is 6.42 Å². The van der Waals surface area contributed by atoms with Crippen LogP contribution in [0, 0.1) is 12.3 Å². The first-order valence-electron chi connectivity index (χ1n) is 8.72. The summed E-state index contributed by atoms with van der Waals surface area (Å²) in [6.45, 7) is 17.0. The van der Waals surface area contributed by atoms with Gasteiger partial charge in [0.2, 0.25) is 0 Å². The molecule has 1 nitrogen and oxygen atoms in total. The lowest BCUT2D eigenvalue weighted by Crippen LogP contribution is -2.26. The summed E-state index contributed by atoms with van der Waals surface area (Å²) in [5, 5.41) is 1.19. The number of terminal acetylenes is 1. The van der Waals surface area contributed by atoms with Gasteiger partial charge in [0.15, 0.2) is 0 Å². The van der Waals surface area contributed by atoms with Crippen LogP contribution in [0.4, 0.5) is 0 Å². The number of hydrogen-bond acceptors (Lipinski definition) is 0. The molecule has 1 aromatic carbocycles. The summed E-state index contributed by atoms with van der Waals surface area (Å²) in [4.78, 5) is 3.60. The van der Waals surface area contributed by atoms with Crippen molar-refractivity contribution in [2.24, 2.45) is 0 Å². The quantitative estimate of drug-likeness (QED) is 0.628. The molecule has 126 valence electrons. The van der Waals surface area contributed by atoms with Crippen molar-refractivity contribution >= 4 is 22.6 Å². The summed E-state index contributed by atoms with van der Waals surface area (Å²) in [7, 11) is 0. The summed E-state index contributed by atoms with van der Waals surface area (Å²) >= 11 is 0. The highest BCUT2D eigenvalue weighted by Crippen LogP contribution is 2.48. The standard InChI is InChI=1S/C24H25N/c1-8-15(4)13-19-16(5)22-18-12-11-17(9-2)14-21(18)25-23(22)24(6,7)20(19)10-3/h3,9,11-14,25H,2,5,8H2,1,4,6-7H3/b15-13-. The molecule has 1 heterocycles. The number of allylic oxidation sites excluding steroid dienone is 5. The van der Waals surface area contributed by atoms with E-state index in [1.54, 1.807) is 0 Å². The Bertz CT molecular complexity index is 997. The smallest absolute Gasteiger partial charge is 0.0468 e. The second-order valence-electron chi connectivity index (χ2n) is 7.26. The molecule has 0 aliphatic heterocycles. The molecule has 1 aliphatic carbocycles. The van der Waals surface area contributed by atoms with Crippen molar-refractivity contribution in [1.82, 2.24) is 4.98 Å². The predicted octanol–water partition coefficient (Wildman–Crippen LogP) is 6.40. The molecule has 0 amide bonds. The first-order valence-corrected chi connectivity index (χ1v) is 8.72. The third-order valence-electron chi connectivity index (χ3n) is 5.30. The van der Waals surface area contributed by atoms with E-state index >= 15 is 0 Å². The van der Waals surface area contributed by atoms with Crippen molar-refractivity contribution in [3.63, 3.8) is 0 Å². The Balaban J connectivity index is 2.36. The van der Waals surface area contributed by atoms with Crippen molar-refractivity contribution in [1.29, 1.82) is 0 Å². The van der Waals surface area contributed by atoms with Gasteiger partial charge in [-0.1, -0.05) is 55.9 Å². The number of rotatable bonds is 3. The molecule has 25 heavy (non-hydrogen) atoms. The van der Waals surface area contributed by atoms with Gasteiger partial charge in [0.25, 0.3) is 0 Å². The first-order chi connectivity index (χ1) is 11.8. The number of hydrogen-bond donors (Lipinski definition) is 1. The van der Waals surface area contributed by atoms with Gasteiger partial charge in [0.1, 0.15) is 0 Å². The molecular weight excluding hydrogens is 302 g/mol. The summed E-state index contributed by atoms with van der Waals surface area (Å²) in [6, 6.07) is 6.38. The van der Waals surface area contributed by atoms with E-state index in [-0.39, 0.29) is 5.41 Å². The lowest BCUT2D eigenvalue weighted by Gasteiger charge is -2.33. The maximum atomic E-state index is 5.94. The van der Waals surface area contributed by atoms with Crippen LogP contribution in [0.25, 0.3) is 22.6 Å². The van der Waals surface area contributed by atoms with Crippen LogP contribution in [-0.2, 0) is 5.41 Å². The molecule has 1 aromatic heterocycles. The highest BCUT2D eigenvalue weighted by Gasteiger charge is 2.37. The summed E-state index contributed by atoms with van der Waals surface area (Å²) in [5.41, 5.74) is 8.66. The van der Waals surface area contributed by atoms with Crippen molar-refractivity contribution in [2.45, 2.75) is 39.5 Å². The minimum Gasteiger partial charge on any atom is -0.357 e. The SMILES string of the molecule is C#CC1=C(/C=C(/C)CC)C(=C)c2c([nH]c3cc(C=C)ccc23)C1(C)C. The lowest BCUT2D eigenvalue weighted by molar-refractivity contribution is 0.616. The largest absolute Gasteiger partial charge is 0.357 e. The third-order valence-corrected chi connectivity index (χ3v) is 5.30. The fraction of sp³-hybridized carbons (Fsp3) is 0.250. The summed E-state index contributed by atoms with van der Waals surface area (Å²) < 4.78 is 0. The van der Waals surface area contributed by atoms with Crippen LogP contribution in [0.15, 0.2) is 54.2 Å². The second-order valence-corrected chi connectivity index (χ2v) is 7.26. The zero-order chi connectivity index (χ0) is 18.4. The topological polar surface area (TPSA) is 15.8 Å². The molecule has 1 aliphatic rings. The molecule has 0 spiro atoms. The Hall–Kier alpha value is -2.72. The van der Waals surface area contributed by atoms with Crippen LogP contribution in [0.2, 0.25) is 0 Å². The van der Waals surface area contributed by atoms with E-state index in [0.29, 0.717) is 0 Å². The van der Waals surface area contributed by atoms with Crippen molar-refractivity contribution in [2.75, 3.05) is 0 Å². The molecule has 0 unspecified atom stereocenters. The van der Waals surface area contributed by atoms with E-state index in [0.717, 1.165) is 39.9 Å². The van der Waals surface area contributed by atoms with Crippen LogP contribution in [0.1, 0.15) is 50.9 Å². The van der Waals surface area contributed by atoms with Gasteiger partial charge in [0, 0.05) is 33.1 Å². The third kappa shape index (κ3) is 2.50. The molecule has 0 fully saturated rings. The van der Waals surface area contributed by atoms with E-state index in [2.05, 4.69) is 76.0 Å². The fourth-order valence-corrected chi connectivity index (χ4v) is 3.64. The Labute approximate surface area is 150 Å². The zero-order valence-corrected chi connectivity index (χ0v) is 15.6. The van der Waals surface area contributed by atoms with Gasteiger partial charge in [-0.3, -0.25) is 0 Å². The molecular formula is C24H25N. The molecule has 1 heteroatoms. The Morgan fingerprint density at radius 3 is 2.68 bits per heavy atom. The minimum absolute atomic E-state index is 0.265.